The quantitative estimate of drug-likeness (QED) is 0.644. The standard InChI is InChI=1S/C20H28N6O/c1-15-14-16(2)23-20(22-15)26-11-9-25(10-12-26)19(24-17-5-6-17)21-8-7-18-4-3-13-27-18/h3-4,13-14,17H,5-12H2,1-2H3,(H,21,24). The Morgan fingerprint density at radius 2 is 1.93 bits per heavy atom. The van der Waals surface area contributed by atoms with Gasteiger partial charge in [0.1, 0.15) is 5.76 Å². The summed E-state index contributed by atoms with van der Waals surface area (Å²) in [6, 6.07) is 6.54. The van der Waals surface area contributed by atoms with Crippen LogP contribution in [-0.2, 0) is 6.42 Å². The van der Waals surface area contributed by atoms with Crippen LogP contribution in [0.1, 0.15) is 30.0 Å². The van der Waals surface area contributed by atoms with Crippen molar-refractivity contribution in [2.45, 2.75) is 39.2 Å². The number of aromatic nitrogens is 2. The third-order valence-electron chi connectivity index (χ3n) is 4.94. The summed E-state index contributed by atoms with van der Waals surface area (Å²) in [4.78, 5) is 18.7. The van der Waals surface area contributed by atoms with Gasteiger partial charge in [0, 0.05) is 56.6 Å². The number of nitrogens with zero attached hydrogens (tertiary/aromatic N) is 5. The van der Waals surface area contributed by atoms with Crippen molar-refractivity contribution in [1.29, 1.82) is 0 Å². The number of aryl methyl sites for hydroxylation is 2. The molecule has 2 aromatic heterocycles. The summed E-state index contributed by atoms with van der Waals surface area (Å²) < 4.78 is 5.41. The molecule has 1 aliphatic heterocycles. The number of rotatable bonds is 5. The second-order valence-electron chi connectivity index (χ2n) is 7.38. The Morgan fingerprint density at radius 3 is 2.56 bits per heavy atom. The largest absolute Gasteiger partial charge is 0.469 e. The molecule has 0 spiro atoms. The van der Waals surface area contributed by atoms with Crippen molar-refractivity contribution in [1.82, 2.24) is 20.2 Å². The lowest BCUT2D eigenvalue weighted by atomic mass is 10.3. The van der Waals surface area contributed by atoms with E-state index in [2.05, 4.69) is 25.1 Å². The zero-order valence-corrected chi connectivity index (χ0v) is 16.2. The average molecular weight is 368 g/mol. The van der Waals surface area contributed by atoms with Crippen LogP contribution in [0.5, 0.6) is 0 Å². The van der Waals surface area contributed by atoms with Gasteiger partial charge in [0.15, 0.2) is 5.96 Å². The fourth-order valence-electron chi connectivity index (χ4n) is 3.34. The minimum Gasteiger partial charge on any atom is -0.469 e. The van der Waals surface area contributed by atoms with E-state index in [0.29, 0.717) is 6.04 Å². The third kappa shape index (κ3) is 4.78. The monoisotopic (exact) mass is 368 g/mol. The maximum Gasteiger partial charge on any atom is 0.225 e. The van der Waals surface area contributed by atoms with Crippen LogP contribution in [0.15, 0.2) is 33.9 Å². The third-order valence-corrected chi connectivity index (χ3v) is 4.94. The summed E-state index contributed by atoms with van der Waals surface area (Å²) in [7, 11) is 0. The van der Waals surface area contributed by atoms with E-state index in [-0.39, 0.29) is 0 Å². The summed E-state index contributed by atoms with van der Waals surface area (Å²) in [6.07, 6.45) is 5.04. The molecule has 1 aliphatic carbocycles. The molecule has 7 heteroatoms. The molecule has 144 valence electrons. The smallest absolute Gasteiger partial charge is 0.225 e. The van der Waals surface area contributed by atoms with Crippen molar-refractivity contribution in [2.75, 3.05) is 37.6 Å². The molecule has 4 rings (SSSR count). The van der Waals surface area contributed by atoms with E-state index in [1.54, 1.807) is 6.26 Å². The first kappa shape index (κ1) is 17.8. The first-order valence-electron chi connectivity index (χ1n) is 9.83. The van der Waals surface area contributed by atoms with Crippen molar-refractivity contribution in [2.24, 2.45) is 4.99 Å². The molecule has 0 bridgehead atoms. The summed E-state index contributed by atoms with van der Waals surface area (Å²) in [5.41, 5.74) is 2.05. The van der Waals surface area contributed by atoms with E-state index in [1.165, 1.54) is 12.8 Å². The van der Waals surface area contributed by atoms with Gasteiger partial charge in [-0.25, -0.2) is 9.97 Å². The van der Waals surface area contributed by atoms with Crippen molar-refractivity contribution in [3.63, 3.8) is 0 Å². The summed E-state index contributed by atoms with van der Waals surface area (Å²) in [6.45, 7) is 8.46. The van der Waals surface area contributed by atoms with Crippen LogP contribution in [-0.4, -0.2) is 59.6 Å². The molecule has 0 radical (unpaired) electrons. The second-order valence-corrected chi connectivity index (χ2v) is 7.38. The molecule has 27 heavy (non-hydrogen) atoms. The van der Waals surface area contributed by atoms with Crippen LogP contribution in [0.2, 0.25) is 0 Å². The molecule has 0 aromatic carbocycles. The molecule has 1 N–H and O–H groups in total. The molecule has 1 saturated heterocycles. The molecule has 7 nitrogen and oxygen atoms in total. The van der Waals surface area contributed by atoms with Gasteiger partial charge >= 0.3 is 0 Å². The first-order valence-corrected chi connectivity index (χ1v) is 9.83. The fourth-order valence-corrected chi connectivity index (χ4v) is 3.34. The van der Waals surface area contributed by atoms with E-state index < -0.39 is 0 Å². The molecule has 0 amide bonds. The molecular formula is C20H28N6O. The Morgan fingerprint density at radius 1 is 1.19 bits per heavy atom. The topological polar surface area (TPSA) is 69.8 Å². The molecule has 3 heterocycles. The molecule has 2 fully saturated rings. The summed E-state index contributed by atoms with van der Waals surface area (Å²) >= 11 is 0. The Bertz CT molecular complexity index is 756. The van der Waals surface area contributed by atoms with Crippen molar-refractivity contribution < 1.29 is 4.42 Å². The lowest BCUT2D eigenvalue weighted by Crippen LogP contribution is -2.53. The van der Waals surface area contributed by atoms with E-state index >= 15 is 0 Å². The number of hydrogen-bond donors (Lipinski definition) is 1. The molecule has 1 saturated carbocycles. The maximum atomic E-state index is 5.41. The minimum absolute atomic E-state index is 0.591. The van der Waals surface area contributed by atoms with Crippen LogP contribution in [0.25, 0.3) is 0 Å². The predicted molar refractivity (Wildman–Crippen MR) is 106 cm³/mol. The highest BCUT2D eigenvalue weighted by Gasteiger charge is 2.27. The van der Waals surface area contributed by atoms with Gasteiger partial charge in [0.25, 0.3) is 0 Å². The van der Waals surface area contributed by atoms with Crippen LogP contribution in [0, 0.1) is 13.8 Å². The first-order chi connectivity index (χ1) is 13.2. The van der Waals surface area contributed by atoms with Crippen molar-refractivity contribution in [3.8, 4) is 0 Å². The van der Waals surface area contributed by atoms with Crippen molar-refractivity contribution in [3.05, 3.63) is 41.6 Å². The normalized spacial score (nSPS) is 18.1. The van der Waals surface area contributed by atoms with E-state index in [9.17, 15) is 0 Å². The number of furan rings is 1. The van der Waals surface area contributed by atoms with Crippen LogP contribution in [0.3, 0.4) is 0 Å². The van der Waals surface area contributed by atoms with Gasteiger partial charge in [0.05, 0.1) is 6.26 Å². The zero-order valence-electron chi connectivity index (χ0n) is 16.2. The lowest BCUT2D eigenvalue weighted by molar-refractivity contribution is 0.368. The predicted octanol–water partition coefficient (Wildman–Crippen LogP) is 2.16. The van der Waals surface area contributed by atoms with E-state index in [4.69, 9.17) is 9.41 Å². The average Bonchev–Trinajstić information content (AvgIpc) is 3.32. The van der Waals surface area contributed by atoms with Crippen molar-refractivity contribution >= 4 is 11.9 Å². The van der Waals surface area contributed by atoms with Crippen LogP contribution < -0.4 is 10.2 Å². The van der Waals surface area contributed by atoms with Gasteiger partial charge in [-0.1, -0.05) is 0 Å². The second kappa shape index (κ2) is 7.98. The number of aliphatic imine (C=N–C) groups is 1. The molecule has 2 aromatic rings. The molecular weight excluding hydrogens is 340 g/mol. The maximum absolute atomic E-state index is 5.41. The fraction of sp³-hybridized carbons (Fsp3) is 0.550. The Labute approximate surface area is 160 Å². The number of piperazine rings is 1. The Balaban J connectivity index is 1.37. The number of nitrogens with one attached hydrogen (secondary N) is 1. The van der Waals surface area contributed by atoms with Gasteiger partial charge in [-0.2, -0.15) is 0 Å². The highest BCUT2D eigenvalue weighted by Crippen LogP contribution is 2.20. The van der Waals surface area contributed by atoms with E-state index in [0.717, 1.165) is 68.2 Å². The van der Waals surface area contributed by atoms with E-state index in [1.807, 2.05) is 32.0 Å². The minimum atomic E-state index is 0.591. The molecule has 0 unspecified atom stereocenters. The zero-order chi connectivity index (χ0) is 18.6. The molecule has 0 atom stereocenters. The van der Waals surface area contributed by atoms with Gasteiger partial charge in [-0.15, -0.1) is 0 Å². The summed E-state index contributed by atoms with van der Waals surface area (Å²) in [5, 5.41) is 3.61. The van der Waals surface area contributed by atoms with Gasteiger partial charge in [-0.05, 0) is 44.9 Å². The number of guanidine groups is 1. The summed E-state index contributed by atoms with van der Waals surface area (Å²) in [5.74, 6) is 2.87. The Hall–Kier alpha value is -2.57. The molecule has 2 aliphatic rings. The lowest BCUT2D eigenvalue weighted by Gasteiger charge is -2.36. The Kier molecular flexibility index (Phi) is 5.27. The number of hydrogen-bond acceptors (Lipinski definition) is 5. The van der Waals surface area contributed by atoms with Gasteiger partial charge in [-0.3, -0.25) is 4.99 Å². The van der Waals surface area contributed by atoms with Crippen LogP contribution >= 0.6 is 0 Å². The SMILES string of the molecule is Cc1cc(C)nc(N2CCN(C(=NCCc3ccco3)NC3CC3)CC2)n1. The van der Waals surface area contributed by atoms with Gasteiger partial charge in [0.2, 0.25) is 5.95 Å². The highest BCUT2D eigenvalue weighted by atomic mass is 16.3. The van der Waals surface area contributed by atoms with Gasteiger partial charge < -0.3 is 19.5 Å². The number of anilines is 1. The van der Waals surface area contributed by atoms with Crippen LogP contribution in [0.4, 0.5) is 5.95 Å². The highest BCUT2D eigenvalue weighted by molar-refractivity contribution is 5.81.